The molecule has 1 spiro atoms. The second kappa shape index (κ2) is 10.9. The fraction of sp³-hybridized carbons (Fsp3) is 0.741. The number of aliphatic hydroxyl groups is 3. The fourth-order valence-corrected chi connectivity index (χ4v) is 6.78. The molecular weight excluding hydrogens is 466 g/mol. The molecule has 1 aromatic rings. The van der Waals surface area contributed by atoms with Crippen LogP contribution < -0.4 is 4.74 Å². The van der Waals surface area contributed by atoms with Gasteiger partial charge in [0, 0.05) is 12.5 Å². The van der Waals surface area contributed by atoms with Crippen molar-refractivity contribution >= 4 is 5.97 Å². The molecule has 0 radical (unpaired) electrons. The van der Waals surface area contributed by atoms with Gasteiger partial charge in [-0.15, -0.1) is 0 Å². The molecule has 6 N–H and O–H groups in total. The van der Waals surface area contributed by atoms with Crippen molar-refractivity contribution < 1.29 is 39.8 Å². The van der Waals surface area contributed by atoms with Crippen molar-refractivity contribution in [2.75, 3.05) is 20.6 Å². The topological polar surface area (TPSA) is 143 Å². The van der Waals surface area contributed by atoms with E-state index in [0.717, 1.165) is 56.9 Å². The zero-order chi connectivity index (χ0) is 26.1. The minimum Gasteiger partial charge on any atom is -0.479 e. The summed E-state index contributed by atoms with van der Waals surface area (Å²) in [5.41, 5.74) is 0.141. The Morgan fingerprint density at radius 1 is 1.06 bits per heavy atom. The highest BCUT2D eigenvalue weighted by Gasteiger charge is 2.56. The number of carboxylic acid groups (broad SMARTS) is 1. The molecule has 1 heterocycles. The van der Waals surface area contributed by atoms with Gasteiger partial charge in [0.1, 0.15) is 11.9 Å². The van der Waals surface area contributed by atoms with Gasteiger partial charge in [-0.3, -0.25) is 0 Å². The van der Waals surface area contributed by atoms with E-state index in [4.69, 9.17) is 14.6 Å². The van der Waals surface area contributed by atoms with Crippen molar-refractivity contribution in [1.82, 2.24) is 4.90 Å². The lowest BCUT2D eigenvalue weighted by molar-refractivity contribution is -0.271. The Labute approximate surface area is 212 Å². The predicted octanol–water partition coefficient (Wildman–Crippen LogP) is 1.59. The molecule has 36 heavy (non-hydrogen) atoms. The number of nitrogens with zero attached hydrogens (tertiary/aromatic N) is 1. The normalized spacial score (nSPS) is 35.5. The van der Waals surface area contributed by atoms with Crippen LogP contribution in [-0.2, 0) is 9.53 Å². The lowest BCUT2D eigenvalue weighted by Crippen LogP contribution is -2.61. The molecule has 7 atom stereocenters. The molecule has 0 amide bonds. The molecule has 2 saturated carbocycles. The largest absolute Gasteiger partial charge is 0.479 e. The summed E-state index contributed by atoms with van der Waals surface area (Å²) in [6, 6.07) is 7.28. The van der Waals surface area contributed by atoms with Crippen molar-refractivity contribution in [1.29, 1.82) is 0 Å². The predicted molar refractivity (Wildman–Crippen MR) is 133 cm³/mol. The third-order valence-corrected chi connectivity index (χ3v) is 8.70. The van der Waals surface area contributed by atoms with E-state index in [9.17, 15) is 25.2 Å². The van der Waals surface area contributed by atoms with E-state index in [1.165, 1.54) is 6.42 Å². The number of carboxylic acids is 1. The second-order valence-electron chi connectivity index (χ2n) is 11.2. The zero-order valence-electron chi connectivity index (χ0n) is 21.3. The van der Waals surface area contributed by atoms with Crippen molar-refractivity contribution in [2.24, 2.45) is 5.41 Å². The highest BCUT2D eigenvalue weighted by molar-refractivity contribution is 5.73. The summed E-state index contributed by atoms with van der Waals surface area (Å²) in [7, 11) is 4.05. The molecule has 0 aromatic heterocycles. The molecule has 1 saturated heterocycles. The van der Waals surface area contributed by atoms with Gasteiger partial charge in [-0.05, 0) is 62.9 Å². The van der Waals surface area contributed by atoms with Gasteiger partial charge in [0.2, 0.25) is 18.5 Å². The van der Waals surface area contributed by atoms with Crippen LogP contribution in [0, 0.1) is 5.41 Å². The van der Waals surface area contributed by atoms with Gasteiger partial charge in [-0.2, -0.15) is 0 Å². The first-order valence-electron chi connectivity index (χ1n) is 13.2. The van der Waals surface area contributed by atoms with Crippen molar-refractivity contribution in [2.45, 2.75) is 100 Å². The van der Waals surface area contributed by atoms with Gasteiger partial charge >= 0.3 is 5.97 Å². The van der Waals surface area contributed by atoms with Gasteiger partial charge in [0.25, 0.3) is 0 Å². The molecule has 4 rings (SSSR count). The van der Waals surface area contributed by atoms with Gasteiger partial charge in [0.15, 0.2) is 6.10 Å². The number of rotatable bonds is 7. The fourth-order valence-electron chi connectivity index (χ4n) is 6.78. The van der Waals surface area contributed by atoms with Gasteiger partial charge in [-0.25, -0.2) is 4.79 Å². The number of hydrogen-bond donors (Lipinski definition) is 4. The summed E-state index contributed by atoms with van der Waals surface area (Å²) in [6.07, 6.45) is 2.01. The Bertz CT molecular complexity index is 878. The third-order valence-electron chi connectivity index (χ3n) is 8.70. The molecule has 3 aliphatic rings. The maximum Gasteiger partial charge on any atom is 0.341 e. The summed E-state index contributed by atoms with van der Waals surface area (Å²) in [4.78, 5) is 13.5. The molecule has 9 heteroatoms. The Kier molecular flexibility index (Phi) is 8.29. The number of hydrogen-bond acceptors (Lipinski definition) is 7. The lowest BCUT2D eigenvalue weighted by Gasteiger charge is -2.56. The number of aliphatic hydroxyl groups excluding tert-OH is 2. The maximum absolute atomic E-state index is 12.4. The first kappa shape index (κ1) is 27.3. The highest BCUT2D eigenvalue weighted by Crippen LogP contribution is 2.58. The third kappa shape index (κ3) is 5.14. The molecule has 9 nitrogen and oxygen atoms in total. The van der Waals surface area contributed by atoms with E-state index in [1.807, 2.05) is 26.2 Å². The molecule has 202 valence electrons. The standard InChI is InChI=1S/C27H41NO8/c1-28(2)16-19(27(34)15-7-6-14-26(27)12-4-3-5-13-26)17-8-10-18(11-9-17)35-25-22(31)20(29)21(30)23(36-25)24(32)33/h8-11,19-23,25,29-31,34H,3-7,12-16H2,1-2H3,(H,32,33)/p+1. The average molecular weight is 509 g/mol. The van der Waals surface area contributed by atoms with Crippen molar-refractivity contribution in [3.8, 4) is 5.75 Å². The summed E-state index contributed by atoms with van der Waals surface area (Å²) < 4.78 is 11.0. The van der Waals surface area contributed by atoms with E-state index in [1.54, 1.807) is 12.1 Å². The quantitative estimate of drug-likeness (QED) is 0.407. The Morgan fingerprint density at radius 3 is 2.22 bits per heavy atom. The van der Waals surface area contributed by atoms with Crippen LogP contribution in [0.15, 0.2) is 24.3 Å². The summed E-state index contributed by atoms with van der Waals surface area (Å²) in [6.45, 7) is 0.709. The maximum atomic E-state index is 12.4. The van der Waals surface area contributed by atoms with Gasteiger partial charge in [0.05, 0.1) is 5.60 Å². The Hall–Kier alpha value is -1.75. The van der Waals surface area contributed by atoms with E-state index in [0.29, 0.717) is 12.3 Å². The van der Waals surface area contributed by atoms with Crippen LogP contribution in [0.3, 0.4) is 0 Å². The van der Waals surface area contributed by atoms with Crippen LogP contribution in [-0.4, -0.2) is 93.3 Å². The number of ether oxygens (including phenoxy) is 2. The van der Waals surface area contributed by atoms with Gasteiger partial charge < -0.3 is 39.9 Å². The molecule has 0 bridgehead atoms. The monoisotopic (exact) mass is 508 g/mol. The van der Waals surface area contributed by atoms with Crippen molar-refractivity contribution in [3.63, 3.8) is 0 Å². The summed E-state index contributed by atoms with van der Waals surface area (Å²) >= 11 is 0. The number of carbonyl (C=O) groups is 1. The molecular formula is C27H42NO8+. The van der Waals surface area contributed by atoms with Crippen molar-refractivity contribution in [3.05, 3.63) is 29.8 Å². The zero-order valence-corrected chi connectivity index (χ0v) is 21.3. The van der Waals surface area contributed by atoms with E-state index < -0.39 is 42.3 Å². The number of likely N-dealkylation sites (N-methyl/N-ethyl adjacent to an activating group) is 1. The van der Waals surface area contributed by atoms with Crippen LogP contribution in [0.5, 0.6) is 5.75 Å². The Balaban J connectivity index is 1.57. The van der Waals surface area contributed by atoms with Crippen LogP contribution in [0.4, 0.5) is 0 Å². The first-order chi connectivity index (χ1) is 17.1. The van der Waals surface area contributed by atoms with E-state index in [-0.39, 0.29) is 11.3 Å². The average Bonchev–Trinajstić information content (AvgIpc) is 2.85. The van der Waals surface area contributed by atoms with E-state index >= 15 is 0 Å². The molecule has 7 unspecified atom stereocenters. The van der Waals surface area contributed by atoms with Gasteiger partial charge in [-0.1, -0.05) is 44.2 Å². The van der Waals surface area contributed by atoms with Crippen LogP contribution in [0.2, 0.25) is 0 Å². The van der Waals surface area contributed by atoms with Crippen LogP contribution in [0.1, 0.15) is 69.3 Å². The number of benzene rings is 1. The summed E-state index contributed by atoms with van der Waals surface area (Å²) in [5, 5.41) is 49.9. The molecule has 3 fully saturated rings. The van der Waals surface area contributed by atoms with Crippen LogP contribution in [0.25, 0.3) is 0 Å². The SMILES string of the molecule is CN(C)CC(c1ccc(OC2OC(C(=O)O)C([OH2+])C(O)C2O)cc1)C1(O)CCCCC12CCCCC2. The van der Waals surface area contributed by atoms with E-state index in [2.05, 4.69) is 4.90 Å². The lowest BCUT2D eigenvalue weighted by atomic mass is 9.52. The smallest absolute Gasteiger partial charge is 0.341 e. The summed E-state index contributed by atoms with van der Waals surface area (Å²) in [5.74, 6) is -1.14. The first-order valence-corrected chi connectivity index (χ1v) is 13.2. The second-order valence-corrected chi connectivity index (χ2v) is 11.2. The molecule has 1 aromatic carbocycles. The number of aliphatic carboxylic acids is 1. The minimum absolute atomic E-state index is 0.0613. The minimum atomic E-state index is -1.61. The highest BCUT2D eigenvalue weighted by atomic mass is 16.7. The molecule has 2 aliphatic carbocycles. The Morgan fingerprint density at radius 2 is 1.64 bits per heavy atom. The molecule has 1 aliphatic heterocycles. The van der Waals surface area contributed by atoms with Crippen LogP contribution >= 0.6 is 0 Å².